The van der Waals surface area contributed by atoms with Gasteiger partial charge in [0.2, 0.25) is 5.91 Å². The van der Waals surface area contributed by atoms with Crippen molar-refractivity contribution < 1.29 is 14.7 Å². The maximum absolute atomic E-state index is 12.2. The number of aliphatic hydroxyl groups is 1. The van der Waals surface area contributed by atoms with Gasteiger partial charge in [-0.15, -0.1) is 11.3 Å². The second kappa shape index (κ2) is 9.73. The molecule has 0 unspecified atom stereocenters. The lowest BCUT2D eigenvalue weighted by Crippen LogP contribution is -2.31. The molecule has 0 radical (unpaired) electrons. The van der Waals surface area contributed by atoms with Crippen molar-refractivity contribution in [3.8, 4) is 0 Å². The van der Waals surface area contributed by atoms with Gasteiger partial charge in [0.25, 0.3) is 5.91 Å². The minimum Gasteiger partial charge on any atom is -0.395 e. The summed E-state index contributed by atoms with van der Waals surface area (Å²) in [6, 6.07) is 9.78. The van der Waals surface area contributed by atoms with E-state index in [4.69, 9.17) is 5.11 Å². The molecule has 1 aliphatic heterocycles. The summed E-state index contributed by atoms with van der Waals surface area (Å²) in [5.74, 6) is -0.185. The quantitative estimate of drug-likeness (QED) is 0.677. The number of hydrogen-bond acceptors (Lipinski definition) is 5. The summed E-state index contributed by atoms with van der Waals surface area (Å²) in [5, 5.41) is 13.9. The fraction of sp³-hybridized carbons (Fsp3) is 0.238. The largest absolute Gasteiger partial charge is 0.395 e. The van der Waals surface area contributed by atoms with Gasteiger partial charge in [0.1, 0.15) is 0 Å². The molecule has 5 nitrogen and oxygen atoms in total. The lowest BCUT2D eigenvalue weighted by atomic mass is 10.2. The predicted molar refractivity (Wildman–Crippen MR) is 115 cm³/mol. The van der Waals surface area contributed by atoms with Crippen LogP contribution in [0.4, 0.5) is 5.69 Å². The summed E-state index contributed by atoms with van der Waals surface area (Å²) in [6.07, 6.45) is 5.93. The third-order valence-corrected chi connectivity index (χ3v) is 6.35. The average molecular weight is 415 g/mol. The van der Waals surface area contributed by atoms with Gasteiger partial charge in [-0.3, -0.25) is 9.59 Å². The van der Waals surface area contributed by atoms with Crippen molar-refractivity contribution >= 4 is 46.7 Å². The molecule has 7 heteroatoms. The molecule has 1 aromatic heterocycles. The molecule has 3 rings (SSSR count). The standard InChI is InChI=1S/C21H22N2O3S2/c1-2-23(11-12-24)20(25)10-7-15-13-16(27-14-15)8-9-19-21(26)22-17-5-3-4-6-18(17)28-19/h3-7,9-10,13-14,24H,2,8,11-12H2,1H3,(H,22,26)/b10-7+,19-9-. The Balaban J connectivity index is 1.62. The molecule has 2 N–H and O–H groups in total. The van der Waals surface area contributed by atoms with Crippen LogP contribution in [0.15, 0.2) is 57.7 Å². The number of benzene rings is 1. The van der Waals surface area contributed by atoms with E-state index >= 15 is 0 Å². The second-order valence-corrected chi connectivity index (χ2v) is 8.23. The van der Waals surface area contributed by atoms with Crippen molar-refractivity contribution in [2.75, 3.05) is 25.0 Å². The minimum atomic E-state index is -0.111. The van der Waals surface area contributed by atoms with Gasteiger partial charge in [-0.05, 0) is 42.1 Å². The number of anilines is 1. The van der Waals surface area contributed by atoms with Crippen LogP contribution >= 0.6 is 23.1 Å². The molecule has 0 aliphatic carbocycles. The van der Waals surface area contributed by atoms with Crippen LogP contribution in [0.5, 0.6) is 0 Å². The number of rotatable bonds is 7. The smallest absolute Gasteiger partial charge is 0.262 e. The van der Waals surface area contributed by atoms with Crippen LogP contribution in [0.3, 0.4) is 0 Å². The van der Waals surface area contributed by atoms with E-state index in [0.29, 0.717) is 24.4 Å². The van der Waals surface area contributed by atoms with Crippen molar-refractivity contribution in [1.82, 2.24) is 4.90 Å². The van der Waals surface area contributed by atoms with Gasteiger partial charge < -0.3 is 15.3 Å². The Labute approximate surface area is 172 Å². The zero-order valence-electron chi connectivity index (χ0n) is 15.6. The highest BCUT2D eigenvalue weighted by molar-refractivity contribution is 8.04. The van der Waals surface area contributed by atoms with E-state index in [9.17, 15) is 9.59 Å². The molecule has 0 saturated carbocycles. The fourth-order valence-corrected chi connectivity index (χ4v) is 4.49. The molecular weight excluding hydrogens is 392 g/mol. The third kappa shape index (κ3) is 5.13. The summed E-state index contributed by atoms with van der Waals surface area (Å²) in [7, 11) is 0. The molecule has 1 aliphatic rings. The van der Waals surface area contributed by atoms with Gasteiger partial charge in [0, 0.05) is 35.4 Å². The Kier molecular flexibility index (Phi) is 7.08. The van der Waals surface area contributed by atoms with E-state index in [1.54, 1.807) is 22.3 Å². The van der Waals surface area contributed by atoms with Crippen molar-refractivity contribution in [3.05, 3.63) is 63.2 Å². The van der Waals surface area contributed by atoms with Crippen LogP contribution in [-0.4, -0.2) is 41.5 Å². The molecule has 0 bridgehead atoms. The SMILES string of the molecule is CCN(CCO)C(=O)/C=C/c1csc(C/C=C2\Sc3ccccc3NC2=O)c1. The van der Waals surface area contributed by atoms with E-state index in [1.807, 2.05) is 48.7 Å². The van der Waals surface area contributed by atoms with Gasteiger partial charge in [-0.1, -0.05) is 30.0 Å². The first-order valence-electron chi connectivity index (χ1n) is 9.04. The van der Waals surface area contributed by atoms with E-state index in [-0.39, 0.29) is 18.4 Å². The number of amides is 2. The van der Waals surface area contributed by atoms with Gasteiger partial charge in [0.05, 0.1) is 17.2 Å². The van der Waals surface area contributed by atoms with Gasteiger partial charge in [-0.25, -0.2) is 0 Å². The highest BCUT2D eigenvalue weighted by Crippen LogP contribution is 2.37. The van der Waals surface area contributed by atoms with E-state index < -0.39 is 0 Å². The Hall–Kier alpha value is -2.35. The minimum absolute atomic E-state index is 0.0409. The van der Waals surface area contributed by atoms with E-state index in [0.717, 1.165) is 21.0 Å². The molecule has 0 spiro atoms. The number of nitrogens with one attached hydrogen (secondary N) is 1. The van der Waals surface area contributed by atoms with Gasteiger partial charge in [-0.2, -0.15) is 0 Å². The van der Waals surface area contributed by atoms with Crippen molar-refractivity contribution in [1.29, 1.82) is 0 Å². The number of likely N-dealkylation sites (N-methyl/N-ethyl adjacent to an activating group) is 1. The topological polar surface area (TPSA) is 69.6 Å². The molecular formula is C21H22N2O3S2. The number of hydrogen-bond donors (Lipinski definition) is 2. The molecule has 0 atom stereocenters. The highest BCUT2D eigenvalue weighted by Gasteiger charge is 2.20. The zero-order chi connectivity index (χ0) is 19.9. The van der Waals surface area contributed by atoms with E-state index in [2.05, 4.69) is 5.32 Å². The Morgan fingerprint density at radius 1 is 1.32 bits per heavy atom. The van der Waals surface area contributed by atoms with Crippen LogP contribution in [-0.2, 0) is 16.0 Å². The number of carbonyl (C=O) groups excluding carboxylic acids is 2. The normalized spacial score (nSPS) is 14.9. The molecule has 146 valence electrons. The Bertz CT molecular complexity index is 918. The molecule has 0 fully saturated rings. The number of para-hydroxylation sites is 1. The maximum Gasteiger partial charge on any atom is 0.262 e. The van der Waals surface area contributed by atoms with Crippen LogP contribution < -0.4 is 5.32 Å². The predicted octanol–water partition coefficient (Wildman–Crippen LogP) is 3.77. The number of allylic oxidation sites excluding steroid dienone is 1. The number of thioether (sulfide) groups is 1. The van der Waals surface area contributed by atoms with Crippen molar-refractivity contribution in [3.63, 3.8) is 0 Å². The van der Waals surface area contributed by atoms with Crippen molar-refractivity contribution in [2.45, 2.75) is 18.2 Å². The first kappa shape index (κ1) is 20.4. The van der Waals surface area contributed by atoms with Gasteiger partial charge >= 0.3 is 0 Å². The summed E-state index contributed by atoms with van der Waals surface area (Å²) in [5.41, 5.74) is 1.81. The molecule has 0 saturated heterocycles. The maximum atomic E-state index is 12.2. The lowest BCUT2D eigenvalue weighted by Gasteiger charge is -2.18. The van der Waals surface area contributed by atoms with Crippen LogP contribution in [0, 0.1) is 0 Å². The van der Waals surface area contributed by atoms with Crippen LogP contribution in [0.1, 0.15) is 17.4 Å². The molecule has 2 heterocycles. The summed E-state index contributed by atoms with van der Waals surface area (Å²) in [6.45, 7) is 2.75. The second-order valence-electron chi connectivity index (χ2n) is 6.15. The number of nitrogens with zero attached hydrogens (tertiary/aromatic N) is 1. The van der Waals surface area contributed by atoms with Crippen molar-refractivity contribution in [2.24, 2.45) is 0 Å². The first-order valence-corrected chi connectivity index (χ1v) is 10.7. The fourth-order valence-electron chi connectivity index (χ4n) is 2.75. The van der Waals surface area contributed by atoms with E-state index in [1.165, 1.54) is 17.8 Å². The lowest BCUT2D eigenvalue weighted by molar-refractivity contribution is -0.126. The highest BCUT2D eigenvalue weighted by atomic mass is 32.2. The molecule has 2 aromatic rings. The molecule has 1 aromatic carbocycles. The Morgan fingerprint density at radius 3 is 2.93 bits per heavy atom. The number of thiophene rings is 1. The number of aliphatic hydroxyl groups excluding tert-OH is 1. The third-order valence-electron chi connectivity index (χ3n) is 4.22. The van der Waals surface area contributed by atoms with Crippen LogP contribution in [0.25, 0.3) is 6.08 Å². The monoisotopic (exact) mass is 414 g/mol. The molecule has 2 amide bonds. The average Bonchev–Trinajstić information content (AvgIpc) is 3.16. The Morgan fingerprint density at radius 2 is 2.14 bits per heavy atom. The number of fused-ring (bicyclic) bond motifs is 1. The molecule has 28 heavy (non-hydrogen) atoms. The summed E-state index contributed by atoms with van der Waals surface area (Å²) >= 11 is 3.08. The van der Waals surface area contributed by atoms with Crippen LogP contribution in [0.2, 0.25) is 0 Å². The van der Waals surface area contributed by atoms with Gasteiger partial charge in [0.15, 0.2) is 0 Å². The summed E-state index contributed by atoms with van der Waals surface area (Å²) in [4.78, 5) is 28.8. The number of carbonyl (C=O) groups is 2. The zero-order valence-corrected chi connectivity index (χ0v) is 17.2. The first-order chi connectivity index (χ1) is 13.6. The summed E-state index contributed by atoms with van der Waals surface area (Å²) < 4.78 is 0.